The molecule has 186 valence electrons. The van der Waals surface area contributed by atoms with Crippen molar-refractivity contribution in [3.63, 3.8) is 0 Å². The lowest BCUT2D eigenvalue weighted by Crippen LogP contribution is -2.23. The maximum Gasteiger partial charge on any atom is 0.303 e. The molecule has 0 radical (unpaired) electrons. The van der Waals surface area contributed by atoms with Gasteiger partial charge in [-0.25, -0.2) is 13.6 Å². The SMILES string of the molecule is CCC(CC)(CCCCOCCCCC(CC)(CC)CCC(=O)O)CCCS(N)(=O)=O. The van der Waals surface area contributed by atoms with Crippen molar-refractivity contribution in [1.29, 1.82) is 0 Å². The van der Waals surface area contributed by atoms with Gasteiger partial charge in [0.2, 0.25) is 10.0 Å². The fourth-order valence-electron chi connectivity index (χ4n) is 4.69. The fraction of sp³-hybridized carbons (Fsp3) is 0.958. The first-order chi connectivity index (χ1) is 14.6. The van der Waals surface area contributed by atoms with Crippen molar-refractivity contribution >= 4 is 16.0 Å². The predicted molar refractivity (Wildman–Crippen MR) is 129 cm³/mol. The van der Waals surface area contributed by atoms with Crippen LogP contribution in [0.2, 0.25) is 0 Å². The molecule has 0 aromatic carbocycles. The number of hydrogen-bond acceptors (Lipinski definition) is 4. The molecule has 0 heterocycles. The Morgan fingerprint density at radius 3 is 1.58 bits per heavy atom. The Morgan fingerprint density at radius 2 is 1.19 bits per heavy atom. The van der Waals surface area contributed by atoms with Gasteiger partial charge in [-0.05, 0) is 55.8 Å². The Hall–Kier alpha value is -0.660. The number of aliphatic carboxylic acids is 1. The molecule has 0 aliphatic rings. The summed E-state index contributed by atoms with van der Waals surface area (Å²) in [5.74, 6) is -0.625. The summed E-state index contributed by atoms with van der Waals surface area (Å²) < 4.78 is 28.2. The van der Waals surface area contributed by atoms with Crippen LogP contribution < -0.4 is 5.14 Å². The normalized spacial score (nSPS) is 12.9. The van der Waals surface area contributed by atoms with Crippen LogP contribution in [0.15, 0.2) is 0 Å². The molecule has 0 aromatic rings. The summed E-state index contributed by atoms with van der Waals surface area (Å²) >= 11 is 0. The minimum atomic E-state index is -3.37. The quantitative estimate of drug-likeness (QED) is 0.206. The predicted octanol–water partition coefficient (Wildman–Crippen LogP) is 5.89. The van der Waals surface area contributed by atoms with E-state index in [0.717, 1.165) is 90.3 Å². The summed E-state index contributed by atoms with van der Waals surface area (Å²) in [5.41, 5.74) is 0.371. The molecule has 31 heavy (non-hydrogen) atoms. The van der Waals surface area contributed by atoms with E-state index in [2.05, 4.69) is 27.7 Å². The molecule has 0 bridgehead atoms. The second-order valence-electron chi connectivity index (χ2n) is 9.31. The molecule has 6 nitrogen and oxygen atoms in total. The van der Waals surface area contributed by atoms with Gasteiger partial charge in [-0.3, -0.25) is 4.79 Å². The average molecular weight is 464 g/mol. The molecule has 3 N–H and O–H groups in total. The van der Waals surface area contributed by atoms with Crippen LogP contribution in [0.5, 0.6) is 0 Å². The zero-order valence-electron chi connectivity index (χ0n) is 20.6. The Bertz CT molecular complexity index is 569. The molecule has 0 aliphatic heterocycles. The molecule has 0 aromatic heterocycles. The van der Waals surface area contributed by atoms with Gasteiger partial charge in [0, 0.05) is 19.6 Å². The zero-order chi connectivity index (χ0) is 23.8. The third-order valence-electron chi connectivity index (χ3n) is 7.50. The Morgan fingerprint density at radius 1 is 0.774 bits per heavy atom. The van der Waals surface area contributed by atoms with Crippen LogP contribution in [0.1, 0.15) is 118 Å². The number of rotatable bonds is 21. The van der Waals surface area contributed by atoms with Crippen LogP contribution in [0.3, 0.4) is 0 Å². The van der Waals surface area contributed by atoms with Gasteiger partial charge in [0.1, 0.15) is 0 Å². The molecule has 0 saturated heterocycles. The van der Waals surface area contributed by atoms with Crippen molar-refractivity contribution in [2.75, 3.05) is 19.0 Å². The van der Waals surface area contributed by atoms with Crippen LogP contribution >= 0.6 is 0 Å². The second kappa shape index (κ2) is 16.0. The van der Waals surface area contributed by atoms with Gasteiger partial charge in [-0.15, -0.1) is 0 Å². The Labute approximate surface area is 191 Å². The molecule has 0 unspecified atom stereocenters. The van der Waals surface area contributed by atoms with Crippen molar-refractivity contribution in [3.8, 4) is 0 Å². The van der Waals surface area contributed by atoms with Gasteiger partial charge in [-0.1, -0.05) is 66.2 Å². The van der Waals surface area contributed by atoms with Crippen LogP contribution in [-0.2, 0) is 19.6 Å². The molecule has 0 amide bonds. The molecule has 0 fully saturated rings. The summed E-state index contributed by atoms with van der Waals surface area (Å²) in [5, 5.41) is 14.1. The van der Waals surface area contributed by atoms with Crippen LogP contribution in [0.25, 0.3) is 0 Å². The van der Waals surface area contributed by atoms with E-state index in [1.54, 1.807) is 0 Å². The summed E-state index contributed by atoms with van der Waals surface area (Å²) in [6.07, 6.45) is 13.2. The number of nitrogens with two attached hydrogens (primary N) is 1. The summed E-state index contributed by atoms with van der Waals surface area (Å²) in [7, 11) is -3.37. The van der Waals surface area contributed by atoms with E-state index in [-0.39, 0.29) is 23.0 Å². The van der Waals surface area contributed by atoms with Crippen molar-refractivity contribution in [2.45, 2.75) is 118 Å². The van der Waals surface area contributed by atoms with E-state index < -0.39 is 16.0 Å². The molecule has 0 rings (SSSR count). The highest BCUT2D eigenvalue weighted by atomic mass is 32.2. The van der Waals surface area contributed by atoms with Crippen LogP contribution in [-0.4, -0.2) is 38.5 Å². The number of unbranched alkanes of at least 4 members (excludes halogenated alkanes) is 2. The number of primary sulfonamides is 1. The molecule has 7 heteroatoms. The van der Waals surface area contributed by atoms with Crippen LogP contribution in [0.4, 0.5) is 0 Å². The standard InChI is InChI=1S/C24H49NO5S/c1-5-23(6-2,17-13-21-31(25,28)29)15-9-11-19-30-20-12-10-16-24(7-3,8-4)18-14-22(26)27/h5-21H2,1-4H3,(H,26,27)(H2,25,28,29). The van der Waals surface area contributed by atoms with E-state index in [1.807, 2.05) is 0 Å². The number of ether oxygens (including phenoxy) is 1. The summed E-state index contributed by atoms with van der Waals surface area (Å²) in [4.78, 5) is 10.9. The first-order valence-electron chi connectivity index (χ1n) is 12.4. The number of carbonyl (C=O) groups is 1. The number of carboxylic acid groups (broad SMARTS) is 1. The third-order valence-corrected chi connectivity index (χ3v) is 8.35. The van der Waals surface area contributed by atoms with Gasteiger partial charge in [0.15, 0.2) is 0 Å². The monoisotopic (exact) mass is 463 g/mol. The van der Waals surface area contributed by atoms with Crippen LogP contribution in [0, 0.1) is 10.8 Å². The molecular weight excluding hydrogens is 414 g/mol. The van der Waals surface area contributed by atoms with Crippen molar-refractivity contribution in [3.05, 3.63) is 0 Å². The highest BCUT2D eigenvalue weighted by Crippen LogP contribution is 2.38. The third kappa shape index (κ3) is 14.2. The number of carboxylic acids is 1. The lowest BCUT2D eigenvalue weighted by molar-refractivity contribution is -0.137. The lowest BCUT2D eigenvalue weighted by atomic mass is 9.74. The Balaban J connectivity index is 4.05. The van der Waals surface area contributed by atoms with E-state index in [4.69, 9.17) is 15.0 Å². The van der Waals surface area contributed by atoms with Gasteiger partial charge >= 0.3 is 5.97 Å². The smallest absolute Gasteiger partial charge is 0.303 e. The molecule has 0 spiro atoms. The van der Waals surface area contributed by atoms with Crippen molar-refractivity contribution < 1.29 is 23.1 Å². The topological polar surface area (TPSA) is 107 Å². The first-order valence-corrected chi connectivity index (χ1v) is 14.1. The van der Waals surface area contributed by atoms with E-state index in [9.17, 15) is 13.2 Å². The number of sulfonamides is 1. The fourth-order valence-corrected chi connectivity index (χ4v) is 5.24. The van der Waals surface area contributed by atoms with E-state index in [1.165, 1.54) is 0 Å². The minimum Gasteiger partial charge on any atom is -0.481 e. The first kappa shape index (κ1) is 30.3. The van der Waals surface area contributed by atoms with Gasteiger partial charge in [-0.2, -0.15) is 0 Å². The lowest BCUT2D eigenvalue weighted by Gasteiger charge is -2.32. The largest absolute Gasteiger partial charge is 0.481 e. The summed E-state index contributed by atoms with van der Waals surface area (Å²) in [6.45, 7) is 10.3. The molecular formula is C24H49NO5S. The highest BCUT2D eigenvalue weighted by molar-refractivity contribution is 7.89. The minimum absolute atomic E-state index is 0.0749. The molecule has 0 atom stereocenters. The van der Waals surface area contributed by atoms with E-state index >= 15 is 0 Å². The molecule has 0 saturated carbocycles. The van der Waals surface area contributed by atoms with Crippen molar-refractivity contribution in [1.82, 2.24) is 0 Å². The van der Waals surface area contributed by atoms with E-state index in [0.29, 0.717) is 6.42 Å². The number of hydrogen-bond donors (Lipinski definition) is 2. The zero-order valence-corrected chi connectivity index (χ0v) is 21.4. The van der Waals surface area contributed by atoms with Gasteiger partial charge < -0.3 is 9.84 Å². The maximum atomic E-state index is 11.2. The second-order valence-corrected chi connectivity index (χ2v) is 11.0. The highest BCUT2D eigenvalue weighted by Gasteiger charge is 2.27. The average Bonchev–Trinajstić information content (AvgIpc) is 2.72. The summed E-state index contributed by atoms with van der Waals surface area (Å²) in [6, 6.07) is 0. The van der Waals surface area contributed by atoms with Gasteiger partial charge in [0.05, 0.1) is 5.75 Å². The maximum absolute atomic E-state index is 11.2. The molecule has 0 aliphatic carbocycles. The van der Waals surface area contributed by atoms with Gasteiger partial charge in [0.25, 0.3) is 0 Å². The van der Waals surface area contributed by atoms with Crippen molar-refractivity contribution in [2.24, 2.45) is 16.0 Å². The Kier molecular flexibility index (Phi) is 15.7.